The molecule has 0 bridgehead atoms. The molecular weight excluding hydrogens is 164 g/mol. The van der Waals surface area contributed by atoms with Gasteiger partial charge in [0.15, 0.2) is 0 Å². The zero-order valence-corrected chi connectivity index (χ0v) is 8.38. The van der Waals surface area contributed by atoms with E-state index in [-0.39, 0.29) is 0 Å². The molecule has 1 atom stereocenters. The largest absolute Gasteiger partial charge is 0.309 e. The molecule has 4 heteroatoms. The van der Waals surface area contributed by atoms with Gasteiger partial charge < -0.3 is 5.32 Å². The molecule has 13 heavy (non-hydrogen) atoms. The second kappa shape index (κ2) is 5.70. The fraction of sp³-hybridized carbons (Fsp3) is 0.778. The smallest absolute Gasteiger partial charge is 0.0993 e. The van der Waals surface area contributed by atoms with Crippen molar-refractivity contribution in [3.05, 3.63) is 11.9 Å². The van der Waals surface area contributed by atoms with E-state index < -0.39 is 0 Å². The maximum absolute atomic E-state index is 4.09. The van der Waals surface area contributed by atoms with E-state index in [1.807, 2.05) is 0 Å². The van der Waals surface area contributed by atoms with Gasteiger partial charge in [-0.3, -0.25) is 0 Å². The first-order chi connectivity index (χ1) is 6.38. The molecule has 1 unspecified atom stereocenters. The average molecular weight is 182 g/mol. The summed E-state index contributed by atoms with van der Waals surface area (Å²) in [6.07, 6.45) is 5.38. The molecule has 1 aromatic rings. The number of aromatic nitrogens is 3. The van der Waals surface area contributed by atoms with Crippen LogP contribution < -0.4 is 5.32 Å². The van der Waals surface area contributed by atoms with Crippen LogP contribution in [0, 0.1) is 0 Å². The number of H-pyrrole nitrogens is 1. The van der Waals surface area contributed by atoms with Crippen LogP contribution in [0.4, 0.5) is 0 Å². The van der Waals surface area contributed by atoms with Crippen LogP contribution in [0.25, 0.3) is 0 Å². The zero-order chi connectivity index (χ0) is 9.52. The molecular formula is C9H18N4. The van der Waals surface area contributed by atoms with Gasteiger partial charge in [0, 0.05) is 0 Å². The van der Waals surface area contributed by atoms with Crippen LogP contribution >= 0.6 is 0 Å². The van der Waals surface area contributed by atoms with E-state index in [0.717, 1.165) is 18.7 Å². The van der Waals surface area contributed by atoms with Crippen LogP contribution in [0.3, 0.4) is 0 Å². The number of unbranched alkanes of at least 4 members (excludes halogenated alkanes) is 1. The summed E-state index contributed by atoms with van der Waals surface area (Å²) >= 11 is 0. The van der Waals surface area contributed by atoms with Crippen LogP contribution in [-0.2, 0) is 0 Å². The molecule has 1 heterocycles. The van der Waals surface area contributed by atoms with Crippen LogP contribution in [0.1, 0.15) is 44.8 Å². The second-order valence-electron chi connectivity index (χ2n) is 3.15. The number of rotatable bonds is 6. The van der Waals surface area contributed by atoms with Gasteiger partial charge in [-0.25, -0.2) is 0 Å². The van der Waals surface area contributed by atoms with Gasteiger partial charge in [-0.15, -0.1) is 0 Å². The highest BCUT2D eigenvalue weighted by Gasteiger charge is 2.11. The summed E-state index contributed by atoms with van der Waals surface area (Å²) in [6, 6.07) is 0.365. The fourth-order valence-electron chi connectivity index (χ4n) is 1.39. The van der Waals surface area contributed by atoms with Gasteiger partial charge in [-0.1, -0.05) is 26.7 Å². The van der Waals surface area contributed by atoms with Crippen molar-refractivity contribution in [1.29, 1.82) is 0 Å². The lowest BCUT2D eigenvalue weighted by Crippen LogP contribution is -2.21. The highest BCUT2D eigenvalue weighted by Crippen LogP contribution is 2.15. The highest BCUT2D eigenvalue weighted by molar-refractivity contribution is 4.99. The van der Waals surface area contributed by atoms with Gasteiger partial charge in [-0.05, 0) is 13.0 Å². The summed E-state index contributed by atoms with van der Waals surface area (Å²) in [5.74, 6) is 0. The van der Waals surface area contributed by atoms with Gasteiger partial charge in [-0.2, -0.15) is 15.4 Å². The minimum absolute atomic E-state index is 0.365. The Bertz CT molecular complexity index is 207. The second-order valence-corrected chi connectivity index (χ2v) is 3.15. The molecule has 2 N–H and O–H groups in total. The van der Waals surface area contributed by atoms with Crippen molar-refractivity contribution in [1.82, 2.24) is 20.7 Å². The van der Waals surface area contributed by atoms with Crippen molar-refractivity contribution in [2.45, 2.75) is 39.2 Å². The van der Waals surface area contributed by atoms with Crippen molar-refractivity contribution in [2.75, 3.05) is 6.54 Å². The first-order valence-electron chi connectivity index (χ1n) is 4.97. The summed E-state index contributed by atoms with van der Waals surface area (Å²) in [4.78, 5) is 0. The molecule has 0 aliphatic carbocycles. The van der Waals surface area contributed by atoms with E-state index >= 15 is 0 Å². The molecule has 1 aromatic heterocycles. The molecule has 74 valence electrons. The van der Waals surface area contributed by atoms with Gasteiger partial charge in [0.05, 0.1) is 17.9 Å². The van der Waals surface area contributed by atoms with Gasteiger partial charge in [0.1, 0.15) is 0 Å². The van der Waals surface area contributed by atoms with Crippen molar-refractivity contribution < 1.29 is 0 Å². The third kappa shape index (κ3) is 3.14. The highest BCUT2D eigenvalue weighted by atomic mass is 15.3. The predicted molar refractivity (Wildman–Crippen MR) is 52.3 cm³/mol. The zero-order valence-electron chi connectivity index (χ0n) is 8.38. The van der Waals surface area contributed by atoms with Gasteiger partial charge in [0.2, 0.25) is 0 Å². The molecule has 0 saturated carbocycles. The summed E-state index contributed by atoms with van der Waals surface area (Å²) in [7, 11) is 0. The van der Waals surface area contributed by atoms with Gasteiger partial charge in [0.25, 0.3) is 0 Å². The molecule has 0 radical (unpaired) electrons. The quantitative estimate of drug-likeness (QED) is 0.703. The van der Waals surface area contributed by atoms with E-state index in [1.54, 1.807) is 6.20 Å². The molecule has 0 amide bonds. The maximum atomic E-state index is 4.09. The average Bonchev–Trinajstić information content (AvgIpc) is 2.65. The Morgan fingerprint density at radius 1 is 1.54 bits per heavy atom. The molecule has 0 aromatic carbocycles. The monoisotopic (exact) mass is 182 g/mol. The number of aromatic amines is 1. The van der Waals surface area contributed by atoms with Gasteiger partial charge >= 0.3 is 0 Å². The van der Waals surface area contributed by atoms with Crippen molar-refractivity contribution in [3.63, 3.8) is 0 Å². The number of nitrogens with one attached hydrogen (secondary N) is 2. The van der Waals surface area contributed by atoms with Crippen molar-refractivity contribution in [3.8, 4) is 0 Å². The SMILES string of the molecule is CCCCC(NCC)c1cn[nH]n1. The lowest BCUT2D eigenvalue weighted by atomic mass is 10.1. The standard InChI is InChI=1S/C9H18N4/c1-3-5-6-8(10-4-2)9-7-11-13-12-9/h7-8,10H,3-6H2,1-2H3,(H,11,12,13). The third-order valence-corrected chi connectivity index (χ3v) is 2.09. The van der Waals surface area contributed by atoms with Crippen LogP contribution in [-0.4, -0.2) is 22.0 Å². The van der Waals surface area contributed by atoms with E-state index in [9.17, 15) is 0 Å². The topological polar surface area (TPSA) is 53.6 Å². The third-order valence-electron chi connectivity index (χ3n) is 2.09. The lowest BCUT2D eigenvalue weighted by molar-refractivity contribution is 0.484. The minimum Gasteiger partial charge on any atom is -0.309 e. The Balaban J connectivity index is 2.47. The first-order valence-corrected chi connectivity index (χ1v) is 4.97. The molecule has 0 saturated heterocycles. The molecule has 0 aliphatic rings. The minimum atomic E-state index is 0.365. The Hall–Kier alpha value is -0.900. The summed E-state index contributed by atoms with van der Waals surface area (Å²) < 4.78 is 0. The van der Waals surface area contributed by atoms with Crippen LogP contribution in [0.15, 0.2) is 6.20 Å². The fourth-order valence-corrected chi connectivity index (χ4v) is 1.39. The maximum Gasteiger partial charge on any atom is 0.0993 e. The summed E-state index contributed by atoms with van der Waals surface area (Å²) in [5.41, 5.74) is 1.02. The normalized spacial score (nSPS) is 13.1. The molecule has 0 fully saturated rings. The van der Waals surface area contributed by atoms with Crippen LogP contribution in [0.5, 0.6) is 0 Å². The Labute approximate surface area is 79.1 Å². The number of nitrogens with zero attached hydrogens (tertiary/aromatic N) is 2. The van der Waals surface area contributed by atoms with Crippen molar-refractivity contribution in [2.24, 2.45) is 0 Å². The number of hydrogen-bond donors (Lipinski definition) is 2. The molecule has 0 spiro atoms. The van der Waals surface area contributed by atoms with E-state index in [2.05, 4.69) is 34.6 Å². The Morgan fingerprint density at radius 2 is 2.38 bits per heavy atom. The van der Waals surface area contributed by atoms with Crippen LogP contribution in [0.2, 0.25) is 0 Å². The predicted octanol–water partition coefficient (Wildman–Crippen LogP) is 1.65. The Morgan fingerprint density at radius 3 is 2.92 bits per heavy atom. The first kappa shape index (κ1) is 10.2. The molecule has 0 aliphatic heterocycles. The van der Waals surface area contributed by atoms with E-state index in [0.29, 0.717) is 6.04 Å². The Kier molecular flexibility index (Phi) is 4.46. The van der Waals surface area contributed by atoms with E-state index in [1.165, 1.54) is 12.8 Å². The number of hydrogen-bond acceptors (Lipinski definition) is 3. The van der Waals surface area contributed by atoms with E-state index in [4.69, 9.17) is 0 Å². The summed E-state index contributed by atoms with van der Waals surface area (Å²) in [5, 5.41) is 13.9. The molecule has 4 nitrogen and oxygen atoms in total. The summed E-state index contributed by atoms with van der Waals surface area (Å²) in [6.45, 7) is 5.28. The lowest BCUT2D eigenvalue weighted by Gasteiger charge is -2.13. The van der Waals surface area contributed by atoms with Crippen molar-refractivity contribution >= 4 is 0 Å². The molecule has 1 rings (SSSR count).